The summed E-state index contributed by atoms with van der Waals surface area (Å²) < 4.78 is 43.3. The smallest absolute Gasteiger partial charge is 0.475 e. The Morgan fingerprint density at radius 2 is 2.00 bits per heavy atom. The summed E-state index contributed by atoms with van der Waals surface area (Å²) in [6.45, 7) is 2.42. The van der Waals surface area contributed by atoms with Crippen LogP contribution in [0.25, 0.3) is 0 Å². The highest BCUT2D eigenvalue weighted by molar-refractivity contribution is 7.09. The van der Waals surface area contributed by atoms with Crippen molar-refractivity contribution in [2.45, 2.75) is 56.8 Å². The zero-order chi connectivity index (χ0) is 22.4. The molecule has 31 heavy (non-hydrogen) atoms. The van der Waals surface area contributed by atoms with Gasteiger partial charge in [0.05, 0.1) is 25.5 Å². The number of carboxylic acid groups (broad SMARTS) is 1. The third kappa shape index (κ3) is 6.55. The van der Waals surface area contributed by atoms with Gasteiger partial charge in [0.25, 0.3) is 0 Å². The van der Waals surface area contributed by atoms with Crippen molar-refractivity contribution in [3.63, 3.8) is 0 Å². The van der Waals surface area contributed by atoms with Gasteiger partial charge in [-0.1, -0.05) is 6.07 Å². The summed E-state index contributed by atoms with van der Waals surface area (Å²) in [6.07, 6.45) is -0.746. The second kappa shape index (κ2) is 10.3. The quantitative estimate of drug-likeness (QED) is 0.711. The molecule has 1 amide bonds. The molecule has 0 unspecified atom stereocenters. The number of hydrogen-bond acceptors (Lipinski definition) is 6. The fraction of sp³-hybridized carbons (Fsp3) is 0.500. The van der Waals surface area contributed by atoms with E-state index in [1.807, 2.05) is 29.6 Å². The molecule has 7 nitrogen and oxygen atoms in total. The van der Waals surface area contributed by atoms with Crippen LogP contribution in [0.1, 0.15) is 29.9 Å². The minimum Gasteiger partial charge on any atom is -0.475 e. The van der Waals surface area contributed by atoms with E-state index in [0.29, 0.717) is 12.6 Å². The number of amides is 1. The fourth-order valence-corrected chi connectivity index (χ4v) is 4.35. The summed E-state index contributed by atoms with van der Waals surface area (Å²) in [5.41, 5.74) is 0. The highest BCUT2D eigenvalue weighted by atomic mass is 32.1. The second-order valence-electron chi connectivity index (χ2n) is 7.25. The standard InChI is InChI=1S/C18H22N2O3S.C2HF3O2/c21-18(19-11-14-4-2-10-24-14)17-6-5-15-16(23-17)7-8-20(15)12-13-3-1-9-22-13;3-2(4,5)1(6)7/h1-4,9-10,15-17H,5-8,11-12H2,(H,19,21);(H,6,7)/t15-,16-,17+;/m1./s1. The van der Waals surface area contributed by atoms with Gasteiger partial charge in [0, 0.05) is 17.5 Å². The number of aliphatic carboxylic acids is 1. The largest absolute Gasteiger partial charge is 0.490 e. The molecule has 2 N–H and O–H groups in total. The molecule has 0 aromatic carbocycles. The molecule has 4 rings (SSSR count). The van der Waals surface area contributed by atoms with E-state index in [1.54, 1.807) is 17.6 Å². The first-order valence-corrected chi connectivity index (χ1v) is 10.6. The molecule has 0 radical (unpaired) electrons. The molecule has 0 spiro atoms. The van der Waals surface area contributed by atoms with Crippen LogP contribution < -0.4 is 5.32 Å². The van der Waals surface area contributed by atoms with Crippen molar-refractivity contribution in [3.05, 3.63) is 46.5 Å². The molecule has 4 heterocycles. The molecule has 2 aromatic heterocycles. The summed E-state index contributed by atoms with van der Waals surface area (Å²) in [7, 11) is 0. The zero-order valence-corrected chi connectivity index (χ0v) is 17.3. The van der Waals surface area contributed by atoms with Crippen LogP contribution in [-0.2, 0) is 27.4 Å². The van der Waals surface area contributed by atoms with Crippen LogP contribution in [0.5, 0.6) is 0 Å². The Balaban J connectivity index is 0.000000339. The number of thiophene rings is 1. The van der Waals surface area contributed by atoms with E-state index in [0.717, 1.165) is 38.1 Å². The minimum absolute atomic E-state index is 0.0198. The lowest BCUT2D eigenvalue weighted by Crippen LogP contribution is -2.47. The van der Waals surface area contributed by atoms with Crippen LogP contribution in [0.4, 0.5) is 13.2 Å². The maximum Gasteiger partial charge on any atom is 0.490 e. The number of nitrogens with one attached hydrogen (secondary N) is 1. The van der Waals surface area contributed by atoms with Crippen LogP contribution >= 0.6 is 11.3 Å². The number of fused-ring (bicyclic) bond motifs is 1. The van der Waals surface area contributed by atoms with E-state index in [2.05, 4.69) is 10.2 Å². The zero-order valence-electron chi connectivity index (χ0n) is 16.5. The van der Waals surface area contributed by atoms with E-state index in [9.17, 15) is 18.0 Å². The molecule has 2 aromatic rings. The van der Waals surface area contributed by atoms with E-state index < -0.39 is 12.1 Å². The monoisotopic (exact) mass is 460 g/mol. The summed E-state index contributed by atoms with van der Waals surface area (Å²) in [6, 6.07) is 8.37. The van der Waals surface area contributed by atoms with Gasteiger partial charge >= 0.3 is 12.1 Å². The van der Waals surface area contributed by atoms with Crippen LogP contribution in [0.2, 0.25) is 0 Å². The molecule has 2 fully saturated rings. The highest BCUT2D eigenvalue weighted by Gasteiger charge is 2.41. The average Bonchev–Trinajstić information content (AvgIpc) is 3.49. The van der Waals surface area contributed by atoms with Gasteiger partial charge in [-0.25, -0.2) is 4.79 Å². The second-order valence-corrected chi connectivity index (χ2v) is 8.28. The van der Waals surface area contributed by atoms with Gasteiger partial charge in [-0.05, 0) is 42.8 Å². The van der Waals surface area contributed by atoms with Crippen molar-refractivity contribution in [1.82, 2.24) is 10.2 Å². The number of rotatable bonds is 5. The number of carbonyl (C=O) groups is 2. The Morgan fingerprint density at radius 1 is 1.23 bits per heavy atom. The topological polar surface area (TPSA) is 92.0 Å². The number of carboxylic acids is 1. The Morgan fingerprint density at radius 3 is 2.61 bits per heavy atom. The van der Waals surface area contributed by atoms with Crippen LogP contribution in [0, 0.1) is 0 Å². The molecule has 2 saturated heterocycles. The Labute approximate surface area is 180 Å². The number of alkyl halides is 3. The highest BCUT2D eigenvalue weighted by Crippen LogP contribution is 2.32. The van der Waals surface area contributed by atoms with Crippen molar-refractivity contribution >= 4 is 23.2 Å². The number of carbonyl (C=O) groups excluding carboxylic acids is 1. The maximum absolute atomic E-state index is 12.4. The molecule has 2 aliphatic rings. The van der Waals surface area contributed by atoms with Gasteiger partial charge in [0.15, 0.2) is 0 Å². The molecule has 0 aliphatic carbocycles. The predicted molar refractivity (Wildman–Crippen MR) is 105 cm³/mol. The van der Waals surface area contributed by atoms with Crippen LogP contribution in [-0.4, -0.2) is 52.9 Å². The molecule has 2 aliphatic heterocycles. The molecular weight excluding hydrogens is 437 g/mol. The number of furan rings is 1. The van der Waals surface area contributed by atoms with E-state index in [4.69, 9.17) is 19.1 Å². The number of likely N-dealkylation sites (tertiary alicyclic amines) is 1. The number of halogens is 3. The molecule has 3 atom stereocenters. The van der Waals surface area contributed by atoms with Crippen molar-refractivity contribution in [3.8, 4) is 0 Å². The number of nitrogens with zero attached hydrogens (tertiary/aromatic N) is 1. The average molecular weight is 460 g/mol. The summed E-state index contributed by atoms with van der Waals surface area (Å²) in [4.78, 5) is 24.8. The number of hydrogen-bond donors (Lipinski definition) is 2. The van der Waals surface area contributed by atoms with Gasteiger partial charge in [-0.3, -0.25) is 9.69 Å². The Kier molecular flexibility index (Phi) is 7.74. The first-order valence-electron chi connectivity index (χ1n) is 9.76. The molecular formula is C20H23F3N2O5S. The lowest BCUT2D eigenvalue weighted by atomic mass is 9.98. The van der Waals surface area contributed by atoms with Crippen molar-refractivity contribution < 1.29 is 37.0 Å². The third-order valence-corrected chi connectivity index (χ3v) is 6.03. The lowest BCUT2D eigenvalue weighted by Gasteiger charge is -2.35. The predicted octanol–water partition coefficient (Wildman–Crippen LogP) is 3.41. The van der Waals surface area contributed by atoms with Gasteiger partial charge in [0.1, 0.15) is 11.9 Å². The summed E-state index contributed by atoms with van der Waals surface area (Å²) in [5.74, 6) is -1.75. The van der Waals surface area contributed by atoms with E-state index >= 15 is 0 Å². The lowest BCUT2D eigenvalue weighted by molar-refractivity contribution is -0.192. The van der Waals surface area contributed by atoms with Crippen LogP contribution in [0.3, 0.4) is 0 Å². The summed E-state index contributed by atoms with van der Waals surface area (Å²) >= 11 is 1.66. The molecule has 0 bridgehead atoms. The Bertz CT molecular complexity index is 842. The summed E-state index contributed by atoms with van der Waals surface area (Å²) in [5, 5.41) is 12.1. The van der Waals surface area contributed by atoms with E-state index in [1.165, 1.54) is 4.88 Å². The van der Waals surface area contributed by atoms with Crippen molar-refractivity contribution in [2.24, 2.45) is 0 Å². The normalized spacial score (nSPS) is 23.5. The minimum atomic E-state index is -5.08. The van der Waals surface area contributed by atoms with E-state index in [-0.39, 0.29) is 18.1 Å². The van der Waals surface area contributed by atoms with Crippen molar-refractivity contribution in [1.29, 1.82) is 0 Å². The SMILES string of the molecule is O=C(NCc1cccs1)[C@@H]1CC[C@@H]2[C@@H](CCN2Cc2ccco2)O1.O=C(O)C(F)(F)F. The van der Waals surface area contributed by atoms with Gasteiger partial charge in [-0.15, -0.1) is 11.3 Å². The number of ether oxygens (including phenoxy) is 1. The van der Waals surface area contributed by atoms with Crippen molar-refractivity contribution in [2.75, 3.05) is 6.54 Å². The Hall–Kier alpha value is -2.37. The van der Waals surface area contributed by atoms with Gasteiger partial charge in [0.2, 0.25) is 5.91 Å². The molecule has 0 saturated carbocycles. The molecule has 170 valence electrons. The first kappa shape index (κ1) is 23.3. The third-order valence-electron chi connectivity index (χ3n) is 5.15. The fourth-order valence-electron chi connectivity index (χ4n) is 3.71. The van der Waals surface area contributed by atoms with Crippen LogP contribution in [0.15, 0.2) is 40.3 Å². The molecule has 11 heteroatoms. The van der Waals surface area contributed by atoms with Gasteiger partial charge < -0.3 is 19.6 Å². The van der Waals surface area contributed by atoms with Gasteiger partial charge in [-0.2, -0.15) is 13.2 Å². The maximum atomic E-state index is 12.4. The first-order chi connectivity index (χ1) is 14.7.